The molecule has 0 heterocycles. The van der Waals surface area contributed by atoms with Crippen molar-refractivity contribution >= 4 is 0 Å². The SMILES string of the molecule is CCC1CCCC(Oc2c(F)cccc2C(C)N)C1. The van der Waals surface area contributed by atoms with Gasteiger partial charge in [-0.05, 0) is 38.2 Å². The smallest absolute Gasteiger partial charge is 0.165 e. The zero-order chi connectivity index (χ0) is 13.8. The fourth-order valence-corrected chi connectivity index (χ4v) is 2.89. The lowest BCUT2D eigenvalue weighted by atomic mass is 9.85. The number of nitrogens with two attached hydrogens (primary N) is 1. The summed E-state index contributed by atoms with van der Waals surface area (Å²) in [4.78, 5) is 0. The van der Waals surface area contributed by atoms with Crippen LogP contribution in [0.3, 0.4) is 0 Å². The van der Waals surface area contributed by atoms with E-state index in [0.29, 0.717) is 11.7 Å². The standard InChI is InChI=1S/C16H24FNO/c1-3-12-6-4-7-13(10-12)19-16-14(11(2)18)8-5-9-15(16)17/h5,8-9,11-13H,3-4,6-7,10,18H2,1-2H3. The Morgan fingerprint density at radius 3 is 2.89 bits per heavy atom. The molecule has 1 fully saturated rings. The Morgan fingerprint density at radius 2 is 2.21 bits per heavy atom. The molecule has 19 heavy (non-hydrogen) atoms. The van der Waals surface area contributed by atoms with Crippen LogP contribution in [0.4, 0.5) is 4.39 Å². The van der Waals surface area contributed by atoms with E-state index in [-0.39, 0.29) is 18.0 Å². The Balaban J connectivity index is 2.14. The van der Waals surface area contributed by atoms with Gasteiger partial charge in [0.15, 0.2) is 11.6 Å². The van der Waals surface area contributed by atoms with Crippen LogP contribution in [0.5, 0.6) is 5.75 Å². The number of hydrogen-bond acceptors (Lipinski definition) is 2. The Bertz CT molecular complexity index is 419. The molecule has 0 radical (unpaired) electrons. The van der Waals surface area contributed by atoms with Gasteiger partial charge in [0.05, 0.1) is 6.10 Å². The molecule has 3 heteroatoms. The van der Waals surface area contributed by atoms with Gasteiger partial charge in [-0.15, -0.1) is 0 Å². The highest BCUT2D eigenvalue weighted by Gasteiger charge is 2.24. The molecular formula is C16H24FNO. The van der Waals surface area contributed by atoms with Crippen molar-refractivity contribution < 1.29 is 9.13 Å². The van der Waals surface area contributed by atoms with Gasteiger partial charge in [-0.2, -0.15) is 0 Å². The topological polar surface area (TPSA) is 35.2 Å². The van der Waals surface area contributed by atoms with E-state index in [1.165, 1.54) is 25.3 Å². The second-order valence-electron chi connectivity index (χ2n) is 5.63. The van der Waals surface area contributed by atoms with Crippen molar-refractivity contribution in [3.8, 4) is 5.75 Å². The number of hydrogen-bond donors (Lipinski definition) is 1. The summed E-state index contributed by atoms with van der Waals surface area (Å²) in [5.74, 6) is 0.775. The third kappa shape index (κ3) is 3.47. The van der Waals surface area contributed by atoms with E-state index < -0.39 is 0 Å². The lowest BCUT2D eigenvalue weighted by Gasteiger charge is -2.30. The first-order valence-electron chi connectivity index (χ1n) is 7.32. The predicted octanol–water partition coefficient (Wildman–Crippen LogP) is 4.19. The summed E-state index contributed by atoms with van der Waals surface area (Å²) in [6.07, 6.45) is 5.80. The van der Waals surface area contributed by atoms with Gasteiger partial charge in [0, 0.05) is 11.6 Å². The van der Waals surface area contributed by atoms with E-state index in [1.54, 1.807) is 6.07 Å². The van der Waals surface area contributed by atoms with Crippen LogP contribution in [0.2, 0.25) is 0 Å². The van der Waals surface area contributed by atoms with Crippen molar-refractivity contribution in [1.82, 2.24) is 0 Å². The summed E-state index contributed by atoms with van der Waals surface area (Å²) >= 11 is 0. The Kier molecular flexibility index (Phi) is 4.81. The number of para-hydroxylation sites is 1. The summed E-state index contributed by atoms with van der Waals surface area (Å²) in [5.41, 5.74) is 6.66. The molecule has 2 rings (SSSR count). The van der Waals surface area contributed by atoms with Gasteiger partial charge >= 0.3 is 0 Å². The van der Waals surface area contributed by atoms with Crippen LogP contribution in [0, 0.1) is 11.7 Å². The summed E-state index contributed by atoms with van der Waals surface area (Å²) < 4.78 is 19.9. The highest BCUT2D eigenvalue weighted by molar-refractivity contribution is 5.37. The Hall–Kier alpha value is -1.09. The molecule has 2 nitrogen and oxygen atoms in total. The van der Waals surface area contributed by atoms with Gasteiger partial charge in [-0.25, -0.2) is 4.39 Å². The van der Waals surface area contributed by atoms with E-state index in [2.05, 4.69) is 6.92 Å². The fraction of sp³-hybridized carbons (Fsp3) is 0.625. The lowest BCUT2D eigenvalue weighted by Crippen LogP contribution is -2.26. The molecule has 0 aliphatic heterocycles. The van der Waals surface area contributed by atoms with Gasteiger partial charge < -0.3 is 10.5 Å². The molecule has 1 aromatic carbocycles. The molecule has 0 amide bonds. The predicted molar refractivity (Wildman–Crippen MR) is 75.7 cm³/mol. The van der Waals surface area contributed by atoms with Crippen LogP contribution in [-0.2, 0) is 0 Å². The third-order valence-corrected chi connectivity index (χ3v) is 4.08. The molecule has 0 aromatic heterocycles. The van der Waals surface area contributed by atoms with E-state index in [9.17, 15) is 4.39 Å². The normalized spacial score (nSPS) is 25.1. The van der Waals surface area contributed by atoms with E-state index in [4.69, 9.17) is 10.5 Å². The van der Waals surface area contributed by atoms with Crippen LogP contribution < -0.4 is 10.5 Å². The number of rotatable bonds is 4. The van der Waals surface area contributed by atoms with E-state index in [1.807, 2.05) is 13.0 Å². The average Bonchev–Trinajstić information content (AvgIpc) is 2.41. The highest BCUT2D eigenvalue weighted by atomic mass is 19.1. The van der Waals surface area contributed by atoms with Crippen LogP contribution in [-0.4, -0.2) is 6.10 Å². The van der Waals surface area contributed by atoms with E-state index >= 15 is 0 Å². The molecule has 1 saturated carbocycles. The van der Waals surface area contributed by atoms with Gasteiger partial charge in [0.1, 0.15) is 0 Å². The molecule has 0 spiro atoms. The van der Waals surface area contributed by atoms with Crippen molar-refractivity contribution in [2.24, 2.45) is 11.7 Å². The van der Waals surface area contributed by atoms with Crippen LogP contribution >= 0.6 is 0 Å². The van der Waals surface area contributed by atoms with Crippen molar-refractivity contribution in [2.75, 3.05) is 0 Å². The van der Waals surface area contributed by atoms with Crippen molar-refractivity contribution in [1.29, 1.82) is 0 Å². The Labute approximate surface area is 115 Å². The van der Waals surface area contributed by atoms with E-state index in [0.717, 1.165) is 18.4 Å². The molecule has 0 saturated heterocycles. The van der Waals surface area contributed by atoms with Crippen LogP contribution in [0.15, 0.2) is 18.2 Å². The van der Waals surface area contributed by atoms with Gasteiger partial charge in [0.2, 0.25) is 0 Å². The first kappa shape index (κ1) is 14.3. The zero-order valence-corrected chi connectivity index (χ0v) is 11.9. The number of ether oxygens (including phenoxy) is 1. The molecule has 2 N–H and O–H groups in total. The second-order valence-corrected chi connectivity index (χ2v) is 5.63. The van der Waals surface area contributed by atoms with Crippen molar-refractivity contribution in [3.63, 3.8) is 0 Å². The zero-order valence-electron chi connectivity index (χ0n) is 11.9. The highest BCUT2D eigenvalue weighted by Crippen LogP contribution is 2.33. The summed E-state index contributed by atoms with van der Waals surface area (Å²) in [6, 6.07) is 4.78. The molecule has 0 bridgehead atoms. The minimum atomic E-state index is -0.298. The molecule has 1 aliphatic rings. The van der Waals surface area contributed by atoms with Crippen LogP contribution in [0.1, 0.15) is 57.6 Å². The number of halogens is 1. The first-order chi connectivity index (χ1) is 9.11. The monoisotopic (exact) mass is 265 g/mol. The van der Waals surface area contributed by atoms with Gasteiger partial charge in [-0.1, -0.05) is 31.9 Å². The minimum absolute atomic E-state index is 0.132. The summed E-state index contributed by atoms with van der Waals surface area (Å²) in [7, 11) is 0. The molecule has 1 aliphatic carbocycles. The largest absolute Gasteiger partial charge is 0.487 e. The van der Waals surface area contributed by atoms with Gasteiger partial charge in [-0.3, -0.25) is 0 Å². The van der Waals surface area contributed by atoms with Gasteiger partial charge in [0.25, 0.3) is 0 Å². The average molecular weight is 265 g/mol. The molecular weight excluding hydrogens is 241 g/mol. The quantitative estimate of drug-likeness (QED) is 0.885. The fourth-order valence-electron chi connectivity index (χ4n) is 2.89. The lowest BCUT2D eigenvalue weighted by molar-refractivity contribution is 0.116. The second kappa shape index (κ2) is 6.38. The minimum Gasteiger partial charge on any atom is -0.487 e. The van der Waals surface area contributed by atoms with Crippen molar-refractivity contribution in [2.45, 2.75) is 58.1 Å². The maximum atomic E-state index is 14.0. The molecule has 106 valence electrons. The maximum absolute atomic E-state index is 14.0. The molecule has 1 aromatic rings. The Morgan fingerprint density at radius 1 is 1.42 bits per heavy atom. The molecule has 3 unspecified atom stereocenters. The third-order valence-electron chi connectivity index (χ3n) is 4.08. The molecule has 3 atom stereocenters. The number of benzene rings is 1. The summed E-state index contributed by atoms with van der Waals surface area (Å²) in [5, 5.41) is 0. The maximum Gasteiger partial charge on any atom is 0.165 e. The summed E-state index contributed by atoms with van der Waals surface area (Å²) in [6.45, 7) is 4.07. The first-order valence-corrected chi connectivity index (χ1v) is 7.32. The van der Waals surface area contributed by atoms with Crippen LogP contribution in [0.25, 0.3) is 0 Å². The van der Waals surface area contributed by atoms with Crippen molar-refractivity contribution in [3.05, 3.63) is 29.6 Å².